The van der Waals surface area contributed by atoms with E-state index in [-0.39, 0.29) is 80.2 Å². The molecule has 2 saturated heterocycles. The molecular formula is C53H93N5O16. The summed E-state index contributed by atoms with van der Waals surface area (Å²) in [6, 6.07) is 0. The molecule has 21 nitrogen and oxygen atoms in total. The van der Waals surface area contributed by atoms with Crippen LogP contribution in [0.3, 0.4) is 0 Å². The summed E-state index contributed by atoms with van der Waals surface area (Å²) >= 11 is 0. The third-order valence-corrected chi connectivity index (χ3v) is 14.5. The number of ether oxygens (including phenoxy) is 6. The van der Waals surface area contributed by atoms with E-state index in [0.717, 1.165) is 51.4 Å². The summed E-state index contributed by atoms with van der Waals surface area (Å²) in [5.74, 6) is -0.609. The number of aliphatic hydroxyl groups is 4. The van der Waals surface area contributed by atoms with Crippen molar-refractivity contribution in [2.24, 2.45) is 10.8 Å². The summed E-state index contributed by atoms with van der Waals surface area (Å²) in [6.07, 6.45) is 11.4. The Morgan fingerprint density at radius 3 is 1.36 bits per heavy atom. The van der Waals surface area contributed by atoms with E-state index in [2.05, 4.69) is 26.6 Å². The molecule has 2 aliphatic heterocycles. The van der Waals surface area contributed by atoms with Crippen LogP contribution < -0.4 is 26.6 Å². The van der Waals surface area contributed by atoms with Gasteiger partial charge in [-0.2, -0.15) is 0 Å². The maximum absolute atomic E-state index is 12.9. The second-order valence-corrected chi connectivity index (χ2v) is 21.2. The van der Waals surface area contributed by atoms with E-state index in [4.69, 9.17) is 28.4 Å². The van der Waals surface area contributed by atoms with Crippen LogP contribution in [0, 0.1) is 10.8 Å². The van der Waals surface area contributed by atoms with Gasteiger partial charge in [-0.3, -0.25) is 24.0 Å². The zero-order valence-corrected chi connectivity index (χ0v) is 44.4. The molecule has 4 rings (SSSR count). The number of aliphatic hydroxyl groups excluding tert-OH is 4. The van der Waals surface area contributed by atoms with Gasteiger partial charge in [-0.05, 0) is 71.1 Å². The second-order valence-electron chi connectivity index (χ2n) is 21.2. The second kappa shape index (κ2) is 35.9. The van der Waals surface area contributed by atoms with Crippen molar-refractivity contribution in [2.75, 3.05) is 85.6 Å². The first-order valence-electron chi connectivity index (χ1n) is 27.9. The number of hydrogen-bond donors (Lipinski definition) is 9. The highest BCUT2D eigenvalue weighted by atomic mass is 16.5. The van der Waals surface area contributed by atoms with E-state index in [9.17, 15) is 49.2 Å². The molecule has 426 valence electrons. The molecule has 0 aromatic heterocycles. The Hall–Kier alpha value is -3.38. The monoisotopic (exact) mass is 1060 g/mol. The summed E-state index contributed by atoms with van der Waals surface area (Å²) in [4.78, 5) is 73.7. The molecule has 74 heavy (non-hydrogen) atoms. The molecule has 1 unspecified atom stereocenters. The normalized spacial score (nSPS) is 25.3. The topological polar surface area (TPSA) is 299 Å². The van der Waals surface area contributed by atoms with E-state index in [1.54, 1.807) is 6.92 Å². The molecule has 4 bridgehead atoms. The number of hydrogen-bond acceptors (Lipinski definition) is 16. The van der Waals surface area contributed by atoms with E-state index in [1.165, 1.54) is 0 Å². The number of carbonyl (C=O) groups excluding carboxylic acids is 6. The van der Waals surface area contributed by atoms with Gasteiger partial charge in [-0.25, -0.2) is 0 Å². The van der Waals surface area contributed by atoms with Crippen molar-refractivity contribution in [3.8, 4) is 0 Å². The predicted octanol–water partition coefficient (Wildman–Crippen LogP) is 2.15. The van der Waals surface area contributed by atoms with Gasteiger partial charge in [0.25, 0.3) is 0 Å². The van der Waals surface area contributed by atoms with Gasteiger partial charge in [-0.15, -0.1) is 0 Å². The van der Waals surface area contributed by atoms with Crippen LogP contribution in [0.5, 0.6) is 0 Å². The third-order valence-electron chi connectivity index (χ3n) is 14.5. The van der Waals surface area contributed by atoms with E-state index >= 15 is 0 Å². The number of Topliss-reactive ketones (excluding diaryl/α,β-unsaturated/α-hetero) is 1. The van der Waals surface area contributed by atoms with E-state index < -0.39 is 41.5 Å². The van der Waals surface area contributed by atoms with Gasteiger partial charge in [0.05, 0.1) is 89.3 Å². The molecule has 2 aliphatic carbocycles. The molecule has 0 radical (unpaired) electrons. The molecule has 0 aromatic rings. The smallest absolute Gasteiger partial charge is 0.222 e. The van der Waals surface area contributed by atoms with Gasteiger partial charge in [0.2, 0.25) is 29.5 Å². The standard InChI is InChI=1S/C53H93N5O16/c1-39(59)16-8-6-4-2-3-5-7-9-19-48(66)58-49(72-29-21-47(65)57-25-15-23-55-45(63)18-11-13-27-71-36-53-33-41(74-38-53)31-43(61)51(53)68)34-69-28-20-46(64)56-24-14-22-54-44(62)17-10-12-26-70-35-52-32-40(73-37-52)30-42(60)50(52)67/h40-43,49-51,60-61,67-68H,2-38H2,1H3,(H,54,62)(H,55,63)(H,56,64)(H,57,65)(H,58,66)/t40-,41+,42+,43+,49?,50+,51+,52+,53+/m0/s1. The molecule has 0 aromatic carbocycles. The van der Waals surface area contributed by atoms with Crippen LogP contribution in [0.25, 0.3) is 0 Å². The number of fused-ring (bicyclic) bond motifs is 4. The largest absolute Gasteiger partial charge is 0.390 e. The molecule has 21 heteroatoms. The van der Waals surface area contributed by atoms with E-state index in [1.807, 2.05) is 0 Å². The lowest BCUT2D eigenvalue weighted by Crippen LogP contribution is -2.50. The molecular weight excluding hydrogens is 963 g/mol. The fourth-order valence-corrected chi connectivity index (χ4v) is 10.1. The first kappa shape index (κ1) is 63.2. The molecule has 5 amide bonds. The van der Waals surface area contributed by atoms with E-state index in [0.29, 0.717) is 156 Å². The van der Waals surface area contributed by atoms with Crippen molar-refractivity contribution in [1.29, 1.82) is 0 Å². The first-order chi connectivity index (χ1) is 35.7. The van der Waals surface area contributed by atoms with Gasteiger partial charge in [0.15, 0.2) is 6.23 Å². The van der Waals surface area contributed by atoms with Crippen molar-refractivity contribution < 1.29 is 77.6 Å². The summed E-state index contributed by atoms with van der Waals surface area (Å²) in [6.45, 7) is 5.49. The highest BCUT2D eigenvalue weighted by Crippen LogP contribution is 2.45. The van der Waals surface area contributed by atoms with Crippen molar-refractivity contribution >= 4 is 35.3 Å². The lowest BCUT2D eigenvalue weighted by molar-refractivity contribution is -0.131. The predicted molar refractivity (Wildman–Crippen MR) is 272 cm³/mol. The van der Waals surface area contributed by atoms with Crippen LogP contribution in [0.4, 0.5) is 0 Å². The Morgan fingerprint density at radius 1 is 0.486 bits per heavy atom. The highest BCUT2D eigenvalue weighted by molar-refractivity contribution is 5.78. The van der Waals surface area contributed by atoms with Crippen LogP contribution in [-0.4, -0.2) is 184 Å². The number of amides is 5. The molecule has 9 N–H and O–H groups in total. The van der Waals surface area contributed by atoms with Crippen molar-refractivity contribution in [1.82, 2.24) is 26.6 Å². The van der Waals surface area contributed by atoms with Crippen LogP contribution >= 0.6 is 0 Å². The van der Waals surface area contributed by atoms with Crippen molar-refractivity contribution in [3.63, 3.8) is 0 Å². The zero-order chi connectivity index (χ0) is 53.4. The van der Waals surface area contributed by atoms with Crippen molar-refractivity contribution in [3.05, 3.63) is 0 Å². The Balaban J connectivity index is 1.01. The average Bonchev–Trinajstić information content (AvgIpc) is 3.92. The van der Waals surface area contributed by atoms with Gasteiger partial charge < -0.3 is 80.2 Å². The molecule has 4 aliphatic rings. The number of nitrogens with one attached hydrogen (secondary N) is 5. The van der Waals surface area contributed by atoms with Gasteiger partial charge >= 0.3 is 0 Å². The summed E-state index contributed by atoms with van der Waals surface area (Å²) in [7, 11) is 0. The molecule has 2 saturated carbocycles. The number of unbranched alkanes of at least 4 members (excludes halogenated alkanes) is 9. The summed E-state index contributed by atoms with van der Waals surface area (Å²) in [5.41, 5.74) is -1.14. The average molecular weight is 1060 g/mol. The summed E-state index contributed by atoms with van der Waals surface area (Å²) < 4.78 is 34.6. The Labute approximate surface area is 438 Å². The number of rotatable bonds is 43. The van der Waals surface area contributed by atoms with Crippen LogP contribution in [0.1, 0.15) is 161 Å². The van der Waals surface area contributed by atoms with Crippen LogP contribution in [0.15, 0.2) is 0 Å². The minimum Gasteiger partial charge on any atom is -0.390 e. The minimum atomic E-state index is -0.867. The van der Waals surface area contributed by atoms with Crippen LogP contribution in [-0.2, 0) is 57.2 Å². The zero-order valence-electron chi connectivity index (χ0n) is 44.4. The Morgan fingerprint density at radius 2 is 0.892 bits per heavy atom. The number of ketones is 1. The quantitative estimate of drug-likeness (QED) is 0.0312. The molecule has 0 spiro atoms. The van der Waals surface area contributed by atoms with Crippen molar-refractivity contribution in [2.45, 2.75) is 204 Å². The maximum Gasteiger partial charge on any atom is 0.222 e. The molecule has 2 heterocycles. The third kappa shape index (κ3) is 24.7. The van der Waals surface area contributed by atoms with Gasteiger partial charge in [0.1, 0.15) is 5.78 Å². The summed E-state index contributed by atoms with van der Waals surface area (Å²) in [5, 5.41) is 55.4. The minimum absolute atomic E-state index is 0.0194. The van der Waals surface area contributed by atoms with Crippen LogP contribution in [0.2, 0.25) is 0 Å². The number of carbonyl (C=O) groups is 6. The fraction of sp³-hybridized carbons (Fsp3) is 0.887. The van der Waals surface area contributed by atoms with Gasteiger partial charge in [0, 0.05) is 95.2 Å². The SMILES string of the molecule is CC(=O)CCCCCCCCCCC(=O)NC(COCCC(=O)NCCCNC(=O)CCCCOC[C@]12CO[C@@H](C[C@@H](O)[C@H]1O)C2)OCCC(=O)NCCCNC(=O)CCCCOC[C@]12CO[C@H](C[C@@H](O)[C@H]1O)C2. The Bertz CT molecular complexity index is 1660. The highest BCUT2D eigenvalue weighted by Gasteiger charge is 2.54. The molecule has 9 atom stereocenters. The first-order valence-corrected chi connectivity index (χ1v) is 27.9. The lowest BCUT2D eigenvalue weighted by Gasteiger charge is -2.38. The van der Waals surface area contributed by atoms with Gasteiger partial charge in [-0.1, -0.05) is 38.5 Å². The lowest BCUT2D eigenvalue weighted by atomic mass is 9.72. The Kier molecular flexibility index (Phi) is 30.6. The maximum atomic E-state index is 12.9. The fourth-order valence-electron chi connectivity index (χ4n) is 10.1. The molecule has 4 fully saturated rings.